The van der Waals surface area contributed by atoms with Crippen LogP contribution in [0, 0.1) is 5.92 Å². The molecule has 5 nitrogen and oxygen atoms in total. The molecule has 21 heavy (non-hydrogen) atoms. The van der Waals surface area contributed by atoms with Crippen molar-refractivity contribution >= 4 is 28.9 Å². The van der Waals surface area contributed by atoms with Crippen molar-refractivity contribution in [2.75, 3.05) is 37.8 Å². The van der Waals surface area contributed by atoms with Gasteiger partial charge in [-0.3, -0.25) is 9.69 Å². The van der Waals surface area contributed by atoms with Crippen molar-refractivity contribution in [3.8, 4) is 0 Å². The summed E-state index contributed by atoms with van der Waals surface area (Å²) < 4.78 is 5.46. The lowest BCUT2D eigenvalue weighted by atomic mass is 9.96. The second-order valence-electron chi connectivity index (χ2n) is 5.56. The van der Waals surface area contributed by atoms with Gasteiger partial charge in [0.2, 0.25) is 5.91 Å². The van der Waals surface area contributed by atoms with Crippen LogP contribution < -0.4 is 11.1 Å². The molecular formula is C15H22ClN3O2. The third-order valence-electron chi connectivity index (χ3n) is 3.92. The number of piperidine rings is 1. The van der Waals surface area contributed by atoms with Gasteiger partial charge in [-0.1, -0.05) is 18.5 Å². The average molecular weight is 312 g/mol. The molecule has 2 rings (SSSR count). The number of nitrogens with two attached hydrogens (primary N) is 1. The van der Waals surface area contributed by atoms with Crippen LogP contribution in [0.25, 0.3) is 0 Å². The summed E-state index contributed by atoms with van der Waals surface area (Å²) in [5.74, 6) is 0.478. The number of anilines is 2. The highest BCUT2D eigenvalue weighted by atomic mass is 35.5. The maximum Gasteiger partial charge on any atom is 0.238 e. The maximum absolute atomic E-state index is 12.1. The Labute approximate surface area is 130 Å². The summed E-state index contributed by atoms with van der Waals surface area (Å²) in [7, 11) is 1.72. The van der Waals surface area contributed by atoms with Crippen molar-refractivity contribution in [3.05, 3.63) is 23.2 Å². The zero-order valence-electron chi connectivity index (χ0n) is 12.4. The molecule has 1 fully saturated rings. The van der Waals surface area contributed by atoms with Crippen molar-refractivity contribution in [2.45, 2.75) is 19.4 Å². The van der Waals surface area contributed by atoms with Gasteiger partial charge in [0.25, 0.3) is 0 Å². The summed E-state index contributed by atoms with van der Waals surface area (Å²) in [6, 6.07) is 5.08. The number of likely N-dealkylation sites (tertiary alicyclic amines) is 1. The molecule has 1 heterocycles. The Balaban J connectivity index is 1.88. The quantitative estimate of drug-likeness (QED) is 0.837. The van der Waals surface area contributed by atoms with Crippen molar-refractivity contribution in [1.29, 1.82) is 0 Å². The maximum atomic E-state index is 12.1. The summed E-state index contributed by atoms with van der Waals surface area (Å²) >= 11 is 5.86. The number of carbonyl (C=O) groups excluding carboxylic acids is 1. The highest BCUT2D eigenvalue weighted by Gasteiger charge is 2.26. The third-order valence-corrected chi connectivity index (χ3v) is 4.27. The molecule has 1 aliphatic rings. The highest BCUT2D eigenvalue weighted by molar-refractivity contribution is 6.33. The molecule has 1 aromatic rings. The Hall–Kier alpha value is -1.30. The Morgan fingerprint density at radius 1 is 1.57 bits per heavy atom. The van der Waals surface area contributed by atoms with E-state index in [-0.39, 0.29) is 12.0 Å². The molecule has 1 aromatic carbocycles. The van der Waals surface area contributed by atoms with Crippen LogP contribution in [0.2, 0.25) is 5.02 Å². The molecule has 0 bridgehead atoms. The second kappa shape index (κ2) is 7.11. The zero-order chi connectivity index (χ0) is 15.4. The van der Waals surface area contributed by atoms with Crippen molar-refractivity contribution < 1.29 is 9.53 Å². The fourth-order valence-corrected chi connectivity index (χ4v) is 2.69. The summed E-state index contributed by atoms with van der Waals surface area (Å²) in [5, 5.41) is 3.33. The lowest BCUT2D eigenvalue weighted by Gasteiger charge is -2.35. The lowest BCUT2D eigenvalue weighted by molar-refractivity contribution is -0.118. The van der Waals surface area contributed by atoms with Gasteiger partial charge in [0.15, 0.2) is 0 Å². The van der Waals surface area contributed by atoms with Crippen LogP contribution in [0.3, 0.4) is 0 Å². The van der Waals surface area contributed by atoms with Gasteiger partial charge in [-0.15, -0.1) is 0 Å². The first-order valence-electron chi connectivity index (χ1n) is 7.09. The van der Waals surface area contributed by atoms with Crippen LogP contribution in [0.15, 0.2) is 18.2 Å². The van der Waals surface area contributed by atoms with E-state index in [0.29, 0.717) is 28.9 Å². The molecule has 6 heteroatoms. The minimum Gasteiger partial charge on any atom is -0.397 e. The van der Waals surface area contributed by atoms with Crippen LogP contribution in [0.4, 0.5) is 11.4 Å². The normalized spacial score (nSPS) is 23.0. The first-order valence-corrected chi connectivity index (χ1v) is 7.47. The van der Waals surface area contributed by atoms with E-state index in [0.717, 1.165) is 19.5 Å². The number of carbonyl (C=O) groups is 1. The van der Waals surface area contributed by atoms with Gasteiger partial charge < -0.3 is 15.8 Å². The molecule has 0 saturated carbocycles. The van der Waals surface area contributed by atoms with E-state index in [9.17, 15) is 4.79 Å². The average Bonchev–Trinajstić information content (AvgIpc) is 2.45. The molecule has 2 unspecified atom stereocenters. The van der Waals surface area contributed by atoms with E-state index in [1.807, 2.05) is 0 Å². The van der Waals surface area contributed by atoms with Gasteiger partial charge in [0.05, 0.1) is 23.4 Å². The monoisotopic (exact) mass is 311 g/mol. The zero-order valence-corrected chi connectivity index (χ0v) is 13.2. The number of benzene rings is 1. The minimum atomic E-state index is -0.0545. The number of ether oxygens (including phenoxy) is 1. The fraction of sp³-hybridized carbons (Fsp3) is 0.533. The summed E-state index contributed by atoms with van der Waals surface area (Å²) in [4.78, 5) is 14.2. The van der Waals surface area contributed by atoms with Gasteiger partial charge in [-0.25, -0.2) is 0 Å². The fourth-order valence-electron chi connectivity index (χ4n) is 2.57. The van der Waals surface area contributed by atoms with Gasteiger partial charge in [0, 0.05) is 19.3 Å². The smallest absolute Gasteiger partial charge is 0.238 e. The number of methoxy groups -OCH3 is 1. The number of hydrogen-bond donors (Lipinski definition) is 2. The SMILES string of the molecule is COC1CN(CC(=O)Nc2ccc(Cl)c(N)c2)CCC1C. The molecule has 1 amide bonds. The van der Waals surface area contributed by atoms with Gasteiger partial charge in [0.1, 0.15) is 0 Å². The summed E-state index contributed by atoms with van der Waals surface area (Å²) in [5.41, 5.74) is 6.84. The molecule has 0 aromatic heterocycles. The molecule has 116 valence electrons. The highest BCUT2D eigenvalue weighted by Crippen LogP contribution is 2.23. The van der Waals surface area contributed by atoms with Gasteiger partial charge in [-0.2, -0.15) is 0 Å². The summed E-state index contributed by atoms with van der Waals surface area (Å²) in [6.07, 6.45) is 1.23. The number of amides is 1. The van der Waals surface area contributed by atoms with Crippen LogP contribution >= 0.6 is 11.6 Å². The molecular weight excluding hydrogens is 290 g/mol. The third kappa shape index (κ3) is 4.33. The lowest BCUT2D eigenvalue weighted by Crippen LogP contribution is -2.46. The van der Waals surface area contributed by atoms with E-state index in [4.69, 9.17) is 22.1 Å². The molecule has 1 aliphatic heterocycles. The molecule has 2 atom stereocenters. The number of rotatable bonds is 4. The predicted molar refractivity (Wildman–Crippen MR) is 85.5 cm³/mol. The molecule has 0 spiro atoms. The predicted octanol–water partition coefficient (Wildman–Crippen LogP) is 2.22. The van der Waals surface area contributed by atoms with E-state index < -0.39 is 0 Å². The van der Waals surface area contributed by atoms with Crippen LogP contribution in [-0.2, 0) is 9.53 Å². The van der Waals surface area contributed by atoms with E-state index in [2.05, 4.69) is 17.1 Å². The van der Waals surface area contributed by atoms with Crippen molar-refractivity contribution in [1.82, 2.24) is 4.90 Å². The molecule has 0 aliphatic carbocycles. The van der Waals surface area contributed by atoms with Gasteiger partial charge >= 0.3 is 0 Å². The van der Waals surface area contributed by atoms with E-state index in [1.54, 1.807) is 25.3 Å². The first kappa shape index (κ1) is 16.1. The molecule has 1 saturated heterocycles. The number of hydrogen-bond acceptors (Lipinski definition) is 4. The number of nitrogens with zero attached hydrogens (tertiary/aromatic N) is 1. The Morgan fingerprint density at radius 2 is 2.33 bits per heavy atom. The van der Waals surface area contributed by atoms with Gasteiger partial charge in [-0.05, 0) is 37.1 Å². The summed E-state index contributed by atoms with van der Waals surface area (Å²) in [6.45, 7) is 4.24. The number of nitrogens with one attached hydrogen (secondary N) is 1. The first-order chi connectivity index (χ1) is 9.99. The second-order valence-corrected chi connectivity index (χ2v) is 5.97. The Morgan fingerprint density at radius 3 is 3.00 bits per heavy atom. The van der Waals surface area contributed by atoms with E-state index in [1.165, 1.54) is 0 Å². The topological polar surface area (TPSA) is 67.6 Å². The molecule has 0 radical (unpaired) electrons. The number of nitrogen functional groups attached to an aromatic ring is 1. The van der Waals surface area contributed by atoms with Crippen LogP contribution in [0.1, 0.15) is 13.3 Å². The van der Waals surface area contributed by atoms with Crippen molar-refractivity contribution in [3.63, 3.8) is 0 Å². The van der Waals surface area contributed by atoms with Crippen molar-refractivity contribution in [2.24, 2.45) is 5.92 Å². The standard InChI is InChI=1S/C15H22ClN3O2/c1-10-5-6-19(8-14(10)21-2)9-15(20)18-11-3-4-12(16)13(17)7-11/h3-4,7,10,14H,5-6,8-9,17H2,1-2H3,(H,18,20). The van der Waals surface area contributed by atoms with Crippen LogP contribution in [-0.4, -0.2) is 43.7 Å². The largest absolute Gasteiger partial charge is 0.397 e. The Bertz CT molecular complexity index is 510. The van der Waals surface area contributed by atoms with Crippen LogP contribution in [0.5, 0.6) is 0 Å². The number of halogens is 1. The molecule has 3 N–H and O–H groups in total. The Kier molecular flexibility index (Phi) is 5.45. The minimum absolute atomic E-state index is 0.0545. The van der Waals surface area contributed by atoms with E-state index >= 15 is 0 Å².